The summed E-state index contributed by atoms with van der Waals surface area (Å²) in [4.78, 5) is 44.6. The number of carboxylic acids is 1. The van der Waals surface area contributed by atoms with E-state index in [0.717, 1.165) is 11.1 Å². The van der Waals surface area contributed by atoms with Gasteiger partial charge in [0.05, 0.1) is 25.3 Å². The van der Waals surface area contributed by atoms with Gasteiger partial charge in [0.15, 0.2) is 0 Å². The molecule has 4 aromatic rings. The number of carboxylic acid groups (broad SMARTS) is 1. The van der Waals surface area contributed by atoms with Crippen LogP contribution in [0, 0.1) is 17.8 Å². The first-order chi connectivity index (χ1) is 23.9. The monoisotopic (exact) mass is 658 g/mol. The van der Waals surface area contributed by atoms with Crippen LogP contribution in [-0.4, -0.2) is 63.9 Å². The third-order valence-corrected chi connectivity index (χ3v) is 9.60. The highest BCUT2D eigenvalue weighted by Gasteiger charge is 2.74. The van der Waals surface area contributed by atoms with Crippen molar-refractivity contribution in [2.24, 2.45) is 5.92 Å². The van der Waals surface area contributed by atoms with E-state index in [1.165, 1.54) is 0 Å². The van der Waals surface area contributed by atoms with Gasteiger partial charge in [-0.05, 0) is 52.6 Å². The van der Waals surface area contributed by atoms with Gasteiger partial charge in [0, 0.05) is 17.7 Å². The van der Waals surface area contributed by atoms with Gasteiger partial charge in [0.1, 0.15) is 35.8 Å². The van der Waals surface area contributed by atoms with Gasteiger partial charge in [0.25, 0.3) is 0 Å². The number of nitrogens with one attached hydrogen (secondary N) is 1. The summed E-state index contributed by atoms with van der Waals surface area (Å²) in [6.07, 6.45) is -0.586. The van der Waals surface area contributed by atoms with Crippen molar-refractivity contribution in [2.45, 2.75) is 36.1 Å². The minimum Gasteiger partial charge on any atom is -0.491 e. The normalized spacial score (nSPS) is 25.5. The van der Waals surface area contributed by atoms with Crippen LogP contribution in [0.25, 0.3) is 0 Å². The minimum atomic E-state index is -1.80. The number of aliphatic carboxylic acids is 1. The average Bonchev–Trinajstić information content (AvgIpc) is 3.60. The van der Waals surface area contributed by atoms with Gasteiger partial charge in [0.2, 0.25) is 5.91 Å². The SMILES string of the molecule is O=C1OC(c2ccccc2)C(c2ccccc2)N2C1C(C(=O)O)C1(C(=O)Nc3ccc(C#CCCO)cc31)C2c1ccc(OCCO)cc1. The number of hydrogen-bond acceptors (Lipinski definition) is 8. The molecule has 1 amide bonds. The number of carbonyl (C=O) groups is 3. The number of fused-ring (bicyclic) bond motifs is 3. The molecule has 10 nitrogen and oxygen atoms in total. The van der Waals surface area contributed by atoms with Gasteiger partial charge in [-0.3, -0.25) is 19.3 Å². The summed E-state index contributed by atoms with van der Waals surface area (Å²) in [6, 6.07) is 27.9. The topological polar surface area (TPSA) is 146 Å². The molecule has 4 N–H and O–H groups in total. The Hall–Kier alpha value is -5.47. The van der Waals surface area contributed by atoms with Crippen LogP contribution in [-0.2, 0) is 24.5 Å². The molecule has 49 heavy (non-hydrogen) atoms. The molecule has 248 valence electrons. The smallest absolute Gasteiger partial charge is 0.325 e. The van der Waals surface area contributed by atoms with Crippen molar-refractivity contribution in [3.8, 4) is 17.6 Å². The summed E-state index contributed by atoms with van der Waals surface area (Å²) in [5.41, 5.74) is 1.68. The van der Waals surface area contributed by atoms with E-state index in [4.69, 9.17) is 9.47 Å². The summed E-state index contributed by atoms with van der Waals surface area (Å²) >= 11 is 0. The van der Waals surface area contributed by atoms with E-state index >= 15 is 0 Å². The Balaban J connectivity index is 1.52. The minimum absolute atomic E-state index is 0.0819. The number of carbonyl (C=O) groups excluding carboxylic acids is 2. The highest BCUT2D eigenvalue weighted by molar-refractivity contribution is 6.11. The van der Waals surface area contributed by atoms with Crippen molar-refractivity contribution >= 4 is 23.5 Å². The molecule has 0 radical (unpaired) electrons. The van der Waals surface area contributed by atoms with Crippen LogP contribution in [0.5, 0.6) is 5.75 Å². The number of hydrogen-bond donors (Lipinski definition) is 4. The molecule has 1 spiro atoms. The number of aliphatic hydroxyl groups excluding tert-OH is 2. The lowest BCUT2D eigenvalue weighted by molar-refractivity contribution is -0.179. The highest BCUT2D eigenvalue weighted by atomic mass is 16.6. The molecule has 3 heterocycles. The van der Waals surface area contributed by atoms with Crippen molar-refractivity contribution in [1.82, 2.24) is 4.90 Å². The predicted molar refractivity (Wildman–Crippen MR) is 178 cm³/mol. The quantitative estimate of drug-likeness (QED) is 0.162. The molecule has 0 bridgehead atoms. The van der Waals surface area contributed by atoms with Gasteiger partial charge in [-0.15, -0.1) is 0 Å². The molecule has 0 saturated carbocycles. The first kappa shape index (κ1) is 32.1. The first-order valence-electron chi connectivity index (χ1n) is 16.1. The van der Waals surface area contributed by atoms with Gasteiger partial charge < -0.3 is 30.1 Å². The number of ether oxygens (including phenoxy) is 2. The second kappa shape index (κ2) is 13.2. The van der Waals surface area contributed by atoms with Crippen LogP contribution in [0.1, 0.15) is 52.4 Å². The van der Waals surface area contributed by atoms with E-state index in [1.807, 2.05) is 65.6 Å². The summed E-state index contributed by atoms with van der Waals surface area (Å²) in [5.74, 6) is 2.24. The Morgan fingerprint density at radius 3 is 2.20 bits per heavy atom. The Kier molecular flexibility index (Phi) is 8.65. The number of anilines is 1. The molecule has 2 saturated heterocycles. The number of cyclic esters (lactones) is 1. The van der Waals surface area contributed by atoms with Gasteiger partial charge in [-0.25, -0.2) is 0 Å². The Morgan fingerprint density at radius 1 is 0.857 bits per heavy atom. The molecule has 0 aromatic heterocycles. The van der Waals surface area contributed by atoms with Crippen LogP contribution in [0.4, 0.5) is 5.69 Å². The van der Waals surface area contributed by atoms with E-state index < -0.39 is 53.4 Å². The summed E-state index contributed by atoms with van der Waals surface area (Å²) in [7, 11) is 0. The molecule has 7 rings (SSSR count). The molecule has 10 heteroatoms. The number of benzene rings is 4. The summed E-state index contributed by atoms with van der Waals surface area (Å²) in [6.45, 7) is -0.213. The fraction of sp³-hybridized carbons (Fsp3) is 0.256. The third kappa shape index (κ3) is 5.33. The molecule has 0 aliphatic carbocycles. The molecular formula is C39H34N2O8. The van der Waals surface area contributed by atoms with E-state index in [9.17, 15) is 29.7 Å². The fourth-order valence-corrected chi connectivity index (χ4v) is 7.78. The van der Waals surface area contributed by atoms with Gasteiger partial charge >= 0.3 is 11.9 Å². The van der Waals surface area contributed by atoms with Crippen LogP contribution in [0.3, 0.4) is 0 Å². The van der Waals surface area contributed by atoms with E-state index in [2.05, 4.69) is 17.2 Å². The average molecular weight is 659 g/mol. The second-order valence-electron chi connectivity index (χ2n) is 12.2. The highest BCUT2D eigenvalue weighted by Crippen LogP contribution is 2.64. The lowest BCUT2D eigenvalue weighted by atomic mass is 9.65. The Morgan fingerprint density at radius 2 is 1.55 bits per heavy atom. The van der Waals surface area contributed by atoms with Gasteiger partial charge in [-0.2, -0.15) is 0 Å². The van der Waals surface area contributed by atoms with Crippen molar-refractivity contribution in [3.63, 3.8) is 0 Å². The Labute approximate surface area is 282 Å². The standard InChI is InChI=1S/C39H34N2O8/c42-20-8-7-9-24-14-19-30-29(23-24)39(38(47)40-30)31(36(44)45)33-37(46)49-34(26-12-5-2-6-13-26)32(25-10-3-1-4-11-25)41(33)35(39)27-15-17-28(18-16-27)48-22-21-43/h1-6,10-19,23,31-35,42-43H,8,20-22H2,(H,40,47)(H,44,45). The van der Waals surface area contributed by atoms with Crippen LogP contribution < -0.4 is 10.1 Å². The second-order valence-corrected chi connectivity index (χ2v) is 12.2. The molecule has 4 aromatic carbocycles. The molecule has 2 fully saturated rings. The van der Waals surface area contributed by atoms with E-state index in [-0.39, 0.29) is 26.2 Å². The molecular weight excluding hydrogens is 624 g/mol. The number of morpholine rings is 1. The van der Waals surface area contributed by atoms with Crippen LogP contribution in [0.15, 0.2) is 103 Å². The number of aliphatic hydroxyl groups is 2. The number of nitrogens with zero attached hydrogens (tertiary/aromatic N) is 1. The number of esters is 1. The van der Waals surface area contributed by atoms with Gasteiger partial charge in [-0.1, -0.05) is 84.6 Å². The zero-order valence-corrected chi connectivity index (χ0v) is 26.4. The van der Waals surface area contributed by atoms with Crippen molar-refractivity contribution in [3.05, 3.63) is 131 Å². The van der Waals surface area contributed by atoms with Crippen LogP contribution >= 0.6 is 0 Å². The lowest BCUT2D eigenvalue weighted by Gasteiger charge is -2.46. The largest absolute Gasteiger partial charge is 0.491 e. The van der Waals surface area contributed by atoms with E-state index in [1.54, 1.807) is 42.5 Å². The zero-order chi connectivity index (χ0) is 34.1. The summed E-state index contributed by atoms with van der Waals surface area (Å²) < 4.78 is 11.9. The van der Waals surface area contributed by atoms with Crippen molar-refractivity contribution in [1.29, 1.82) is 0 Å². The summed E-state index contributed by atoms with van der Waals surface area (Å²) in [5, 5.41) is 32.7. The fourth-order valence-electron chi connectivity index (χ4n) is 7.78. The van der Waals surface area contributed by atoms with E-state index in [0.29, 0.717) is 28.1 Å². The molecule has 3 aliphatic heterocycles. The maximum Gasteiger partial charge on any atom is 0.325 e. The molecule has 3 aliphatic rings. The zero-order valence-electron chi connectivity index (χ0n) is 26.4. The lowest BCUT2D eigenvalue weighted by Crippen LogP contribution is -2.52. The third-order valence-electron chi connectivity index (χ3n) is 9.60. The molecule has 6 atom stereocenters. The predicted octanol–water partition coefficient (Wildman–Crippen LogP) is 4.15. The van der Waals surface area contributed by atoms with Crippen molar-refractivity contribution < 1.29 is 39.2 Å². The Bertz CT molecular complexity index is 1940. The maximum atomic E-state index is 14.7. The maximum absolute atomic E-state index is 14.7. The number of rotatable bonds is 8. The first-order valence-corrected chi connectivity index (χ1v) is 16.1. The van der Waals surface area contributed by atoms with Crippen molar-refractivity contribution in [2.75, 3.05) is 25.1 Å². The number of amides is 1. The molecule has 6 unspecified atom stereocenters. The van der Waals surface area contributed by atoms with Crippen LogP contribution in [0.2, 0.25) is 0 Å².